The molecule has 0 aliphatic carbocycles. The van der Waals surface area contributed by atoms with Gasteiger partial charge in [0.2, 0.25) is 0 Å². The Balaban J connectivity index is 1.58. The van der Waals surface area contributed by atoms with E-state index in [9.17, 15) is 9.59 Å². The second-order valence-electron chi connectivity index (χ2n) is 6.72. The van der Waals surface area contributed by atoms with E-state index in [0.717, 1.165) is 22.5 Å². The molecule has 2 aromatic carbocycles. The Kier molecular flexibility index (Phi) is 4.75. The average molecular weight is 384 g/mol. The third kappa shape index (κ3) is 3.68. The molecule has 2 amide bonds. The van der Waals surface area contributed by atoms with Crippen molar-refractivity contribution in [3.63, 3.8) is 0 Å². The molecule has 4 aromatic rings. The largest absolute Gasteiger partial charge is 0.364 e. The van der Waals surface area contributed by atoms with E-state index in [-0.39, 0.29) is 5.91 Å². The number of carbonyl (C=O) groups is 2. The van der Waals surface area contributed by atoms with Crippen molar-refractivity contribution in [1.29, 1.82) is 0 Å². The molecule has 144 valence electrons. The lowest BCUT2D eigenvalue weighted by Gasteiger charge is -2.07. The van der Waals surface area contributed by atoms with Gasteiger partial charge >= 0.3 is 0 Å². The van der Waals surface area contributed by atoms with E-state index in [1.165, 1.54) is 0 Å². The first kappa shape index (κ1) is 18.3. The van der Waals surface area contributed by atoms with Gasteiger partial charge in [-0.2, -0.15) is 0 Å². The van der Waals surface area contributed by atoms with E-state index in [1.807, 2.05) is 73.9 Å². The van der Waals surface area contributed by atoms with E-state index in [0.29, 0.717) is 11.4 Å². The number of carbonyl (C=O) groups excluding carboxylic acids is 2. The zero-order valence-electron chi connectivity index (χ0n) is 15.9. The number of primary amides is 1. The molecule has 0 unspecified atom stereocenters. The van der Waals surface area contributed by atoms with Crippen LogP contribution in [0.4, 0.5) is 5.69 Å². The van der Waals surface area contributed by atoms with Gasteiger partial charge in [-0.25, -0.2) is 0 Å². The molecule has 0 aliphatic rings. The molecule has 0 fully saturated rings. The maximum absolute atomic E-state index is 12.6. The number of anilines is 1. The molecule has 0 spiro atoms. The van der Waals surface area contributed by atoms with Gasteiger partial charge in [-0.15, -0.1) is 0 Å². The Morgan fingerprint density at radius 2 is 1.59 bits per heavy atom. The third-order valence-corrected chi connectivity index (χ3v) is 4.75. The van der Waals surface area contributed by atoms with Gasteiger partial charge in [0.1, 0.15) is 11.4 Å². The number of hydrogen-bond donors (Lipinski definition) is 2. The van der Waals surface area contributed by atoms with E-state index in [2.05, 4.69) is 5.32 Å². The number of aromatic nitrogens is 2. The van der Waals surface area contributed by atoms with Crippen molar-refractivity contribution in [2.75, 3.05) is 5.32 Å². The predicted octanol–water partition coefficient (Wildman–Crippen LogP) is 3.83. The van der Waals surface area contributed by atoms with E-state index >= 15 is 0 Å². The smallest absolute Gasteiger partial charge is 0.272 e. The van der Waals surface area contributed by atoms with Crippen LogP contribution in [0.1, 0.15) is 21.0 Å². The number of nitrogens with two attached hydrogens (primary N) is 1. The maximum Gasteiger partial charge on any atom is 0.272 e. The van der Waals surface area contributed by atoms with Crippen LogP contribution in [-0.4, -0.2) is 20.9 Å². The minimum atomic E-state index is -0.476. The van der Waals surface area contributed by atoms with Gasteiger partial charge in [0, 0.05) is 36.4 Å². The highest BCUT2D eigenvalue weighted by molar-refractivity contribution is 6.04. The summed E-state index contributed by atoms with van der Waals surface area (Å²) in [6.45, 7) is 0. The van der Waals surface area contributed by atoms with Crippen LogP contribution in [0.25, 0.3) is 16.8 Å². The lowest BCUT2D eigenvalue weighted by molar-refractivity contribution is 0.0991. The Hall–Kier alpha value is -4.06. The fourth-order valence-corrected chi connectivity index (χ4v) is 3.29. The second-order valence-corrected chi connectivity index (χ2v) is 6.72. The SMILES string of the molecule is Cn1cc(-c2ccc(-n3cccc3C(N)=O)cc2)cc1C(=O)Nc1ccccc1. The number of benzene rings is 2. The van der Waals surface area contributed by atoms with E-state index in [4.69, 9.17) is 5.73 Å². The molecule has 0 saturated carbocycles. The van der Waals surface area contributed by atoms with Gasteiger partial charge in [0.25, 0.3) is 11.8 Å². The summed E-state index contributed by atoms with van der Waals surface area (Å²) in [5.41, 5.74) is 9.90. The van der Waals surface area contributed by atoms with Crippen LogP contribution in [0.2, 0.25) is 0 Å². The highest BCUT2D eigenvalue weighted by Gasteiger charge is 2.14. The van der Waals surface area contributed by atoms with Crippen LogP contribution < -0.4 is 11.1 Å². The standard InChI is InChI=1S/C23H20N4O2/c1-26-15-17(14-21(26)23(29)25-18-6-3-2-4-7-18)16-9-11-19(12-10-16)27-13-5-8-20(27)22(24)28/h2-15H,1H3,(H2,24,28)(H,25,29). The number of nitrogens with zero attached hydrogens (tertiary/aromatic N) is 2. The quantitative estimate of drug-likeness (QED) is 0.548. The summed E-state index contributed by atoms with van der Waals surface area (Å²) in [7, 11) is 1.84. The van der Waals surface area contributed by atoms with Crippen LogP contribution >= 0.6 is 0 Å². The van der Waals surface area contributed by atoms with Crippen molar-refractivity contribution < 1.29 is 9.59 Å². The molecule has 0 bridgehead atoms. The highest BCUT2D eigenvalue weighted by Crippen LogP contribution is 2.24. The summed E-state index contributed by atoms with van der Waals surface area (Å²) < 4.78 is 3.55. The summed E-state index contributed by atoms with van der Waals surface area (Å²) in [5.74, 6) is -0.642. The molecule has 6 nitrogen and oxygen atoms in total. The van der Waals surface area contributed by atoms with Crippen LogP contribution in [0.15, 0.2) is 85.2 Å². The van der Waals surface area contributed by atoms with Crippen molar-refractivity contribution >= 4 is 17.5 Å². The number of nitrogens with one attached hydrogen (secondary N) is 1. The van der Waals surface area contributed by atoms with E-state index < -0.39 is 5.91 Å². The van der Waals surface area contributed by atoms with Gasteiger partial charge in [-0.3, -0.25) is 9.59 Å². The third-order valence-electron chi connectivity index (χ3n) is 4.75. The number of hydrogen-bond acceptors (Lipinski definition) is 2. The zero-order chi connectivity index (χ0) is 20.4. The second kappa shape index (κ2) is 7.52. The number of aryl methyl sites for hydroxylation is 1. The van der Waals surface area contributed by atoms with Crippen molar-refractivity contribution in [3.05, 3.63) is 96.6 Å². The topological polar surface area (TPSA) is 82.0 Å². The average Bonchev–Trinajstić information content (AvgIpc) is 3.36. The molecule has 4 rings (SSSR count). The molecule has 0 saturated heterocycles. The molecule has 0 aliphatic heterocycles. The Morgan fingerprint density at radius 3 is 2.28 bits per heavy atom. The Labute approximate surface area is 168 Å². The summed E-state index contributed by atoms with van der Waals surface area (Å²) in [6, 6.07) is 22.4. The monoisotopic (exact) mass is 384 g/mol. The Bertz CT molecular complexity index is 1170. The lowest BCUT2D eigenvalue weighted by Crippen LogP contribution is -2.15. The fraction of sp³-hybridized carbons (Fsp3) is 0.0435. The molecular formula is C23H20N4O2. The first-order valence-electron chi connectivity index (χ1n) is 9.13. The normalized spacial score (nSPS) is 10.7. The number of rotatable bonds is 5. The van der Waals surface area contributed by atoms with Gasteiger partial charge in [-0.1, -0.05) is 30.3 Å². The van der Waals surface area contributed by atoms with Gasteiger partial charge in [-0.05, 0) is 48.0 Å². The first-order chi connectivity index (χ1) is 14.0. The number of amides is 2. The lowest BCUT2D eigenvalue weighted by atomic mass is 10.1. The molecule has 2 heterocycles. The van der Waals surface area contributed by atoms with Crippen LogP contribution in [0, 0.1) is 0 Å². The summed E-state index contributed by atoms with van der Waals surface area (Å²) >= 11 is 0. The summed E-state index contributed by atoms with van der Waals surface area (Å²) in [5, 5.41) is 2.90. The van der Waals surface area contributed by atoms with Crippen molar-refractivity contribution in [3.8, 4) is 16.8 Å². The van der Waals surface area contributed by atoms with Crippen molar-refractivity contribution in [1.82, 2.24) is 9.13 Å². The van der Waals surface area contributed by atoms with Crippen LogP contribution in [0.3, 0.4) is 0 Å². The summed E-state index contributed by atoms with van der Waals surface area (Å²) in [6.07, 6.45) is 3.71. The van der Waals surface area contributed by atoms with Crippen molar-refractivity contribution in [2.24, 2.45) is 12.8 Å². The maximum atomic E-state index is 12.6. The molecule has 6 heteroatoms. The van der Waals surface area contributed by atoms with Crippen LogP contribution in [0.5, 0.6) is 0 Å². The summed E-state index contributed by atoms with van der Waals surface area (Å²) in [4.78, 5) is 24.2. The molecule has 29 heavy (non-hydrogen) atoms. The van der Waals surface area contributed by atoms with Crippen LogP contribution in [-0.2, 0) is 7.05 Å². The minimum absolute atomic E-state index is 0.167. The van der Waals surface area contributed by atoms with E-state index in [1.54, 1.807) is 27.5 Å². The molecule has 0 radical (unpaired) electrons. The Morgan fingerprint density at radius 1 is 0.862 bits per heavy atom. The molecule has 2 aromatic heterocycles. The molecule has 0 atom stereocenters. The zero-order valence-corrected chi connectivity index (χ0v) is 15.9. The van der Waals surface area contributed by atoms with Gasteiger partial charge in [0.15, 0.2) is 0 Å². The van der Waals surface area contributed by atoms with Crippen molar-refractivity contribution in [2.45, 2.75) is 0 Å². The predicted molar refractivity (Wildman–Crippen MR) is 113 cm³/mol. The van der Waals surface area contributed by atoms with Gasteiger partial charge in [0.05, 0.1) is 0 Å². The van der Waals surface area contributed by atoms with Gasteiger partial charge < -0.3 is 20.2 Å². The minimum Gasteiger partial charge on any atom is -0.364 e. The highest BCUT2D eigenvalue weighted by atomic mass is 16.2. The molecule has 3 N–H and O–H groups in total. The fourth-order valence-electron chi connectivity index (χ4n) is 3.29. The number of para-hydroxylation sites is 1. The first-order valence-corrected chi connectivity index (χ1v) is 9.13. The molecular weight excluding hydrogens is 364 g/mol.